The smallest absolute Gasteiger partial charge is 0.338 e. The molecule has 0 radical (unpaired) electrons. The van der Waals surface area contributed by atoms with Gasteiger partial charge >= 0.3 is 5.97 Å². The van der Waals surface area contributed by atoms with E-state index in [0.717, 1.165) is 54.3 Å². The van der Waals surface area contributed by atoms with E-state index < -0.39 is 0 Å². The first-order chi connectivity index (χ1) is 14.4. The quantitative estimate of drug-likeness (QED) is 0.602. The Morgan fingerprint density at radius 2 is 1.93 bits per heavy atom. The normalized spacial score (nSPS) is 16.3. The molecule has 3 aromatic rings. The van der Waals surface area contributed by atoms with Crippen LogP contribution in [-0.2, 0) is 16.5 Å². The monoisotopic (exact) mass is 410 g/mol. The number of rotatable bonds is 5. The fourth-order valence-corrected chi connectivity index (χ4v) is 4.29. The second kappa shape index (κ2) is 8.24. The fraction of sp³-hybridized carbons (Fsp3) is 0.478. The third-order valence-corrected chi connectivity index (χ3v) is 5.85. The van der Waals surface area contributed by atoms with Crippen molar-refractivity contribution in [1.29, 1.82) is 0 Å². The van der Waals surface area contributed by atoms with E-state index in [0.29, 0.717) is 5.56 Å². The zero-order valence-electron chi connectivity index (χ0n) is 18.4. The Morgan fingerprint density at radius 3 is 2.57 bits per heavy atom. The lowest BCUT2D eigenvalue weighted by Crippen LogP contribution is -2.39. The van der Waals surface area contributed by atoms with Crippen LogP contribution in [0.1, 0.15) is 48.4 Å². The van der Waals surface area contributed by atoms with E-state index in [1.807, 2.05) is 44.6 Å². The maximum absolute atomic E-state index is 12.9. The molecule has 30 heavy (non-hydrogen) atoms. The van der Waals surface area contributed by atoms with Gasteiger partial charge in [-0.2, -0.15) is 0 Å². The van der Waals surface area contributed by atoms with Gasteiger partial charge in [0, 0.05) is 49.1 Å². The average molecular weight is 411 g/mol. The highest BCUT2D eigenvalue weighted by molar-refractivity contribution is 5.93. The summed E-state index contributed by atoms with van der Waals surface area (Å²) in [6.45, 7) is 11.2. The largest absolute Gasteiger partial charge is 0.459 e. The van der Waals surface area contributed by atoms with E-state index in [2.05, 4.69) is 33.5 Å². The number of morpholine rings is 1. The highest BCUT2D eigenvalue weighted by Crippen LogP contribution is 2.32. The van der Waals surface area contributed by atoms with Gasteiger partial charge in [0.2, 0.25) is 0 Å². The predicted octanol–water partition coefficient (Wildman–Crippen LogP) is 3.61. The number of aromatic nitrogens is 3. The van der Waals surface area contributed by atoms with Crippen molar-refractivity contribution in [2.45, 2.75) is 39.8 Å². The highest BCUT2D eigenvalue weighted by atomic mass is 16.5. The Kier molecular flexibility index (Phi) is 5.66. The molecule has 1 fully saturated rings. The van der Waals surface area contributed by atoms with E-state index in [1.54, 1.807) is 6.33 Å². The molecule has 160 valence electrons. The van der Waals surface area contributed by atoms with Crippen LogP contribution in [0.25, 0.3) is 16.8 Å². The summed E-state index contributed by atoms with van der Waals surface area (Å²) >= 11 is 0. The van der Waals surface area contributed by atoms with Gasteiger partial charge in [-0.1, -0.05) is 0 Å². The van der Waals surface area contributed by atoms with Crippen molar-refractivity contribution in [3.63, 3.8) is 0 Å². The van der Waals surface area contributed by atoms with Gasteiger partial charge in [-0.25, -0.2) is 9.78 Å². The van der Waals surface area contributed by atoms with Crippen LogP contribution in [0.2, 0.25) is 0 Å². The number of pyridine rings is 1. The molecule has 1 aliphatic rings. The molecule has 7 nitrogen and oxygen atoms in total. The van der Waals surface area contributed by atoms with Crippen LogP contribution in [-0.4, -0.2) is 57.2 Å². The van der Waals surface area contributed by atoms with E-state index in [9.17, 15) is 4.79 Å². The van der Waals surface area contributed by atoms with Crippen molar-refractivity contribution in [1.82, 2.24) is 18.9 Å². The molecule has 7 heteroatoms. The minimum absolute atomic E-state index is 0.134. The summed E-state index contributed by atoms with van der Waals surface area (Å²) in [5.41, 5.74) is 5.77. The summed E-state index contributed by atoms with van der Waals surface area (Å²) in [4.78, 5) is 19.5. The summed E-state index contributed by atoms with van der Waals surface area (Å²) in [7, 11) is 1.98. The molecule has 0 N–H and O–H groups in total. The Hall–Kier alpha value is -2.64. The molecule has 0 saturated carbocycles. The minimum Gasteiger partial charge on any atom is -0.459 e. The van der Waals surface area contributed by atoms with Crippen LogP contribution in [0, 0.1) is 6.92 Å². The van der Waals surface area contributed by atoms with Gasteiger partial charge in [0.15, 0.2) is 0 Å². The number of esters is 1. The SMILES string of the molecule is Cc1c(C(=O)OC(C)C)cc2cc(-c3cncn3C)cn2c1C(C)N1CCOCC1. The molecule has 1 atom stereocenters. The molecule has 1 saturated heterocycles. The average Bonchev–Trinajstić information content (AvgIpc) is 3.32. The second-order valence-corrected chi connectivity index (χ2v) is 8.26. The van der Waals surface area contributed by atoms with Gasteiger partial charge in [0.25, 0.3) is 0 Å². The number of carbonyl (C=O) groups excluding carboxylic acids is 1. The first-order valence-electron chi connectivity index (χ1n) is 10.5. The van der Waals surface area contributed by atoms with E-state index in [-0.39, 0.29) is 18.1 Å². The van der Waals surface area contributed by atoms with Gasteiger partial charge in [-0.3, -0.25) is 4.90 Å². The van der Waals surface area contributed by atoms with Crippen LogP contribution in [0.15, 0.2) is 30.9 Å². The molecule has 0 bridgehead atoms. The molecule has 1 unspecified atom stereocenters. The number of ether oxygens (including phenoxy) is 2. The van der Waals surface area contributed by atoms with Crippen LogP contribution in [0.5, 0.6) is 0 Å². The molecule has 0 aliphatic carbocycles. The van der Waals surface area contributed by atoms with E-state index in [1.165, 1.54) is 0 Å². The third kappa shape index (κ3) is 3.75. The zero-order valence-corrected chi connectivity index (χ0v) is 18.4. The van der Waals surface area contributed by atoms with Crippen molar-refractivity contribution in [2.24, 2.45) is 7.05 Å². The molecule has 0 amide bonds. The summed E-state index contributed by atoms with van der Waals surface area (Å²) in [6.07, 6.45) is 5.64. The van der Waals surface area contributed by atoms with Gasteiger partial charge in [0.05, 0.1) is 43.1 Å². The number of aryl methyl sites for hydroxylation is 1. The van der Waals surface area contributed by atoms with Gasteiger partial charge in [-0.05, 0) is 45.4 Å². The zero-order chi connectivity index (χ0) is 21.4. The summed E-state index contributed by atoms with van der Waals surface area (Å²) < 4.78 is 15.3. The van der Waals surface area contributed by atoms with Crippen molar-refractivity contribution in [3.05, 3.63) is 47.7 Å². The lowest BCUT2D eigenvalue weighted by molar-refractivity contribution is 0.0186. The standard InChI is InChI=1S/C23H30N4O3/c1-15(2)30-23(28)20-11-19-10-18(21-12-24-14-25(21)5)13-27(19)22(16(20)3)17(4)26-6-8-29-9-7-26/h10-15,17H,6-9H2,1-5H3. The van der Waals surface area contributed by atoms with Gasteiger partial charge in [-0.15, -0.1) is 0 Å². The Balaban J connectivity index is 1.88. The van der Waals surface area contributed by atoms with Crippen molar-refractivity contribution >= 4 is 11.5 Å². The third-order valence-electron chi connectivity index (χ3n) is 5.85. The predicted molar refractivity (Wildman–Crippen MR) is 116 cm³/mol. The number of carbonyl (C=O) groups is 1. The lowest BCUT2D eigenvalue weighted by atomic mass is 10.0. The number of imidazole rings is 1. The van der Waals surface area contributed by atoms with Crippen molar-refractivity contribution in [3.8, 4) is 11.3 Å². The molecule has 3 aromatic heterocycles. The molecule has 4 heterocycles. The van der Waals surface area contributed by atoms with Crippen LogP contribution < -0.4 is 0 Å². The molecule has 0 aromatic carbocycles. The molecule has 1 aliphatic heterocycles. The van der Waals surface area contributed by atoms with E-state index in [4.69, 9.17) is 9.47 Å². The van der Waals surface area contributed by atoms with Crippen LogP contribution in [0.3, 0.4) is 0 Å². The molecule has 4 rings (SSSR count). The van der Waals surface area contributed by atoms with E-state index >= 15 is 0 Å². The number of fused-ring (bicyclic) bond motifs is 1. The van der Waals surface area contributed by atoms with Crippen LogP contribution in [0.4, 0.5) is 0 Å². The summed E-state index contributed by atoms with van der Waals surface area (Å²) in [5, 5.41) is 0. The lowest BCUT2D eigenvalue weighted by Gasteiger charge is -2.34. The maximum Gasteiger partial charge on any atom is 0.338 e. The van der Waals surface area contributed by atoms with Gasteiger partial charge < -0.3 is 18.4 Å². The molecule has 0 spiro atoms. The first kappa shape index (κ1) is 20.6. The fourth-order valence-electron chi connectivity index (χ4n) is 4.29. The number of hydrogen-bond donors (Lipinski definition) is 0. The summed E-state index contributed by atoms with van der Waals surface area (Å²) in [5.74, 6) is -0.274. The Labute approximate surface area is 177 Å². The topological polar surface area (TPSA) is 61.0 Å². The Morgan fingerprint density at radius 1 is 1.20 bits per heavy atom. The second-order valence-electron chi connectivity index (χ2n) is 8.26. The van der Waals surface area contributed by atoms with Crippen LogP contribution >= 0.6 is 0 Å². The highest BCUT2D eigenvalue weighted by Gasteiger charge is 2.26. The maximum atomic E-state index is 12.9. The van der Waals surface area contributed by atoms with Crippen molar-refractivity contribution < 1.29 is 14.3 Å². The minimum atomic E-state index is -0.274. The number of hydrogen-bond acceptors (Lipinski definition) is 5. The summed E-state index contributed by atoms with van der Waals surface area (Å²) in [6, 6.07) is 4.18. The van der Waals surface area contributed by atoms with Crippen molar-refractivity contribution in [2.75, 3.05) is 26.3 Å². The number of nitrogens with zero attached hydrogens (tertiary/aromatic N) is 4. The molecular formula is C23H30N4O3. The first-order valence-corrected chi connectivity index (χ1v) is 10.5. The van der Waals surface area contributed by atoms with Gasteiger partial charge in [0.1, 0.15) is 0 Å². The Bertz CT molecular complexity index is 1060. The molecular weight excluding hydrogens is 380 g/mol.